The van der Waals surface area contributed by atoms with Crippen molar-refractivity contribution in [3.63, 3.8) is 0 Å². The monoisotopic (exact) mass is 347 g/mol. The van der Waals surface area contributed by atoms with E-state index in [2.05, 4.69) is 20.4 Å². The minimum Gasteiger partial charge on any atom is -0.339 e. The van der Waals surface area contributed by atoms with E-state index in [1.165, 1.54) is 25.7 Å². The van der Waals surface area contributed by atoms with Crippen molar-refractivity contribution in [1.82, 2.24) is 25.3 Å². The summed E-state index contributed by atoms with van der Waals surface area (Å²) in [6.45, 7) is 6.22. The number of aryl methyl sites for hydroxylation is 2. The molecule has 3 unspecified atom stereocenters. The topological polar surface area (TPSA) is 74.5 Å². The molecule has 3 atom stereocenters. The average Bonchev–Trinajstić information content (AvgIpc) is 3.36. The first-order valence-corrected chi connectivity index (χ1v) is 9.75. The number of carbonyl (C=O) groups is 1. The number of nitrogens with one attached hydrogen (secondary N) is 1. The second kappa shape index (κ2) is 7.32. The quantitative estimate of drug-likeness (QED) is 0.823. The Morgan fingerprint density at radius 1 is 1.24 bits per heavy atom. The Bertz CT molecular complexity index is 596. The van der Waals surface area contributed by atoms with Crippen molar-refractivity contribution in [3.8, 4) is 0 Å². The number of piperazine rings is 1. The van der Waals surface area contributed by atoms with Gasteiger partial charge < -0.3 is 14.7 Å². The predicted molar refractivity (Wildman–Crippen MR) is 93.1 cm³/mol. The van der Waals surface area contributed by atoms with Crippen molar-refractivity contribution in [2.75, 3.05) is 32.7 Å². The minimum absolute atomic E-state index is 0.0642. The largest absolute Gasteiger partial charge is 0.339 e. The molecule has 2 aliphatic carbocycles. The molecule has 7 heteroatoms. The van der Waals surface area contributed by atoms with E-state index in [1.807, 2.05) is 11.8 Å². The smallest absolute Gasteiger partial charge is 0.317 e. The molecule has 2 saturated carbocycles. The molecule has 2 bridgehead atoms. The van der Waals surface area contributed by atoms with Gasteiger partial charge >= 0.3 is 6.03 Å². The van der Waals surface area contributed by atoms with Gasteiger partial charge in [-0.3, -0.25) is 4.90 Å². The fourth-order valence-electron chi connectivity index (χ4n) is 4.90. The van der Waals surface area contributed by atoms with E-state index in [0.29, 0.717) is 24.7 Å². The maximum atomic E-state index is 12.3. The van der Waals surface area contributed by atoms with Gasteiger partial charge in [-0.2, -0.15) is 4.98 Å². The lowest BCUT2D eigenvalue weighted by Gasteiger charge is -2.40. The molecule has 0 radical (unpaired) electrons. The van der Waals surface area contributed by atoms with E-state index in [-0.39, 0.29) is 6.03 Å². The normalized spacial score (nSPS) is 29.3. The Morgan fingerprint density at radius 2 is 2.08 bits per heavy atom. The summed E-state index contributed by atoms with van der Waals surface area (Å²) in [6, 6.07) is 0.858. The summed E-state index contributed by atoms with van der Waals surface area (Å²) in [7, 11) is 0. The molecule has 3 fully saturated rings. The number of carbonyl (C=O) groups excluding carboxylic acids is 1. The molecular weight excluding hydrogens is 318 g/mol. The summed E-state index contributed by atoms with van der Waals surface area (Å²) >= 11 is 0. The Kier molecular flexibility index (Phi) is 4.92. The third-order valence-electron chi connectivity index (χ3n) is 6.18. The van der Waals surface area contributed by atoms with Crippen molar-refractivity contribution in [1.29, 1.82) is 0 Å². The maximum Gasteiger partial charge on any atom is 0.317 e. The molecule has 1 aromatic heterocycles. The van der Waals surface area contributed by atoms with Gasteiger partial charge in [0.05, 0.1) is 0 Å². The Morgan fingerprint density at radius 3 is 2.72 bits per heavy atom. The van der Waals surface area contributed by atoms with Crippen molar-refractivity contribution in [2.45, 2.75) is 51.5 Å². The zero-order chi connectivity index (χ0) is 17.2. The van der Waals surface area contributed by atoms with Gasteiger partial charge in [-0.05, 0) is 44.4 Å². The standard InChI is InChI=1S/C18H29N5O2/c1-13-20-17(25-21-13)3-2-6-19-18(24)23-9-7-22(8-10-23)16-12-14-4-5-15(16)11-14/h14-16H,2-12H2,1H3,(H,19,24). The number of hydrogen-bond acceptors (Lipinski definition) is 5. The summed E-state index contributed by atoms with van der Waals surface area (Å²) < 4.78 is 5.08. The number of fused-ring (bicyclic) bond motifs is 2. The van der Waals surface area contributed by atoms with E-state index in [4.69, 9.17) is 4.52 Å². The van der Waals surface area contributed by atoms with Gasteiger partial charge in [0.2, 0.25) is 5.89 Å². The first-order chi connectivity index (χ1) is 12.2. The highest BCUT2D eigenvalue weighted by molar-refractivity contribution is 5.74. The van der Waals surface area contributed by atoms with Crippen LogP contribution in [-0.4, -0.2) is 64.7 Å². The van der Waals surface area contributed by atoms with E-state index >= 15 is 0 Å². The number of nitrogens with zero attached hydrogens (tertiary/aromatic N) is 4. The number of urea groups is 1. The van der Waals surface area contributed by atoms with Crippen molar-refractivity contribution < 1.29 is 9.32 Å². The zero-order valence-electron chi connectivity index (χ0n) is 15.1. The molecule has 2 amide bonds. The van der Waals surface area contributed by atoms with Crippen LogP contribution in [0.3, 0.4) is 0 Å². The third-order valence-corrected chi connectivity index (χ3v) is 6.18. The predicted octanol–water partition coefficient (Wildman–Crippen LogP) is 1.83. The number of amides is 2. The van der Waals surface area contributed by atoms with Gasteiger partial charge in [0.25, 0.3) is 0 Å². The van der Waals surface area contributed by atoms with Crippen LogP contribution in [-0.2, 0) is 6.42 Å². The van der Waals surface area contributed by atoms with Crippen LogP contribution in [0.4, 0.5) is 4.79 Å². The van der Waals surface area contributed by atoms with Crippen LogP contribution in [0, 0.1) is 18.8 Å². The molecule has 3 aliphatic rings. The highest BCUT2D eigenvalue weighted by Gasteiger charge is 2.42. The van der Waals surface area contributed by atoms with Crippen LogP contribution >= 0.6 is 0 Å². The molecule has 1 aliphatic heterocycles. The second-order valence-electron chi connectivity index (χ2n) is 7.84. The zero-order valence-corrected chi connectivity index (χ0v) is 15.1. The van der Waals surface area contributed by atoms with Crippen LogP contribution in [0.2, 0.25) is 0 Å². The van der Waals surface area contributed by atoms with Gasteiger partial charge in [-0.25, -0.2) is 4.79 Å². The molecule has 1 N–H and O–H groups in total. The van der Waals surface area contributed by atoms with Crippen LogP contribution in [0.15, 0.2) is 4.52 Å². The molecule has 138 valence electrons. The van der Waals surface area contributed by atoms with Crippen molar-refractivity contribution in [2.24, 2.45) is 11.8 Å². The lowest BCUT2D eigenvalue weighted by atomic mass is 9.93. The summed E-state index contributed by atoms with van der Waals surface area (Å²) in [5.74, 6) is 3.22. The number of aromatic nitrogens is 2. The minimum atomic E-state index is 0.0642. The van der Waals surface area contributed by atoms with Gasteiger partial charge in [0, 0.05) is 45.2 Å². The Hall–Kier alpha value is -1.63. The van der Waals surface area contributed by atoms with E-state index < -0.39 is 0 Å². The highest BCUT2D eigenvalue weighted by atomic mass is 16.5. The summed E-state index contributed by atoms with van der Waals surface area (Å²) in [5.41, 5.74) is 0. The molecule has 4 rings (SSSR count). The van der Waals surface area contributed by atoms with Crippen LogP contribution in [0.1, 0.15) is 43.8 Å². The van der Waals surface area contributed by atoms with E-state index in [9.17, 15) is 4.79 Å². The van der Waals surface area contributed by atoms with Gasteiger partial charge in [-0.15, -0.1) is 0 Å². The Balaban J connectivity index is 1.14. The van der Waals surface area contributed by atoms with Crippen molar-refractivity contribution >= 4 is 6.03 Å². The molecule has 0 aromatic carbocycles. The van der Waals surface area contributed by atoms with E-state index in [0.717, 1.165) is 50.5 Å². The third kappa shape index (κ3) is 3.81. The summed E-state index contributed by atoms with van der Waals surface area (Å²) in [6.07, 6.45) is 7.25. The molecule has 1 saturated heterocycles. The fraction of sp³-hybridized carbons (Fsp3) is 0.833. The molecule has 2 heterocycles. The summed E-state index contributed by atoms with van der Waals surface area (Å²) in [5, 5.41) is 6.79. The van der Waals surface area contributed by atoms with Gasteiger partial charge in [-0.1, -0.05) is 11.6 Å². The second-order valence-corrected chi connectivity index (χ2v) is 7.84. The van der Waals surface area contributed by atoms with Gasteiger partial charge in [0.15, 0.2) is 5.82 Å². The first-order valence-electron chi connectivity index (χ1n) is 9.75. The van der Waals surface area contributed by atoms with Crippen LogP contribution < -0.4 is 5.32 Å². The van der Waals surface area contributed by atoms with Gasteiger partial charge in [0.1, 0.15) is 0 Å². The SMILES string of the molecule is Cc1noc(CCCNC(=O)N2CCN(C3CC4CCC3C4)CC2)n1. The molecule has 25 heavy (non-hydrogen) atoms. The Labute approximate surface area is 149 Å². The lowest BCUT2D eigenvalue weighted by Crippen LogP contribution is -2.55. The maximum absolute atomic E-state index is 12.3. The highest BCUT2D eigenvalue weighted by Crippen LogP contribution is 2.46. The van der Waals surface area contributed by atoms with Crippen LogP contribution in [0.25, 0.3) is 0 Å². The number of hydrogen-bond donors (Lipinski definition) is 1. The first kappa shape index (κ1) is 16.8. The summed E-state index contributed by atoms with van der Waals surface area (Å²) in [4.78, 5) is 21.1. The number of rotatable bonds is 5. The lowest BCUT2D eigenvalue weighted by molar-refractivity contribution is 0.0827. The molecule has 7 nitrogen and oxygen atoms in total. The van der Waals surface area contributed by atoms with E-state index in [1.54, 1.807) is 0 Å². The molecule has 1 aromatic rings. The van der Waals surface area contributed by atoms with Crippen LogP contribution in [0.5, 0.6) is 0 Å². The molecular formula is C18H29N5O2. The fourth-order valence-corrected chi connectivity index (χ4v) is 4.90. The average molecular weight is 347 g/mol. The van der Waals surface area contributed by atoms with Crippen molar-refractivity contribution in [3.05, 3.63) is 11.7 Å². The molecule has 0 spiro atoms.